The fourth-order valence-corrected chi connectivity index (χ4v) is 3.49. The van der Waals surface area contributed by atoms with Gasteiger partial charge >= 0.3 is 13.7 Å². The van der Waals surface area contributed by atoms with Gasteiger partial charge in [0.25, 0.3) is 0 Å². The molecule has 0 fully saturated rings. The van der Waals surface area contributed by atoms with Crippen LogP contribution in [0, 0.1) is 0 Å². The van der Waals surface area contributed by atoms with E-state index in [1.54, 1.807) is 21.3 Å². The summed E-state index contributed by atoms with van der Waals surface area (Å²) in [6, 6.07) is 18.8. The molecule has 7 heteroatoms. The molecule has 1 heterocycles. The van der Waals surface area contributed by atoms with Gasteiger partial charge in [0.15, 0.2) is 0 Å². The Kier molecular flexibility index (Phi) is 5.38. The van der Waals surface area contributed by atoms with Crippen molar-refractivity contribution in [3.8, 4) is 5.69 Å². The predicted octanol–water partition coefficient (Wildman–Crippen LogP) is 5.61. The first kappa shape index (κ1) is 22.4. The molecular formula is C25H24BF3NO2. The summed E-state index contributed by atoms with van der Waals surface area (Å²) >= 11 is 0. The van der Waals surface area contributed by atoms with E-state index in [1.807, 2.05) is 66.9 Å². The molecule has 0 unspecified atom stereocenters. The number of rotatable bonds is 5. The lowest BCUT2D eigenvalue weighted by Crippen LogP contribution is -2.49. The van der Waals surface area contributed by atoms with Crippen LogP contribution < -0.4 is 5.46 Å². The monoisotopic (exact) mass is 438 g/mol. The van der Waals surface area contributed by atoms with Gasteiger partial charge in [0.2, 0.25) is 0 Å². The fourth-order valence-electron chi connectivity index (χ4n) is 3.49. The van der Waals surface area contributed by atoms with E-state index in [1.165, 1.54) is 12.1 Å². The van der Waals surface area contributed by atoms with Crippen molar-refractivity contribution in [3.63, 3.8) is 0 Å². The SMILES string of the molecule is CC(C)(O)C(C)(C)O[B]c1ccc(-n2c3ccccc3c3cc(C(F)(F)F)ccc32)cc1. The molecule has 0 saturated heterocycles. The summed E-state index contributed by atoms with van der Waals surface area (Å²) < 4.78 is 47.6. The van der Waals surface area contributed by atoms with Gasteiger partial charge in [-0.1, -0.05) is 35.8 Å². The number of fused-ring (bicyclic) bond motifs is 3. The van der Waals surface area contributed by atoms with Crippen LogP contribution in [0.3, 0.4) is 0 Å². The quantitative estimate of drug-likeness (QED) is 0.411. The molecule has 3 aromatic carbocycles. The molecule has 0 aliphatic heterocycles. The van der Waals surface area contributed by atoms with Gasteiger partial charge in [0.1, 0.15) is 0 Å². The fraction of sp³-hybridized carbons (Fsp3) is 0.280. The maximum Gasteiger partial charge on any atom is 0.416 e. The molecule has 0 aliphatic carbocycles. The third-order valence-corrected chi connectivity index (χ3v) is 6.11. The average Bonchev–Trinajstić information content (AvgIpc) is 3.05. The Morgan fingerprint density at radius 3 is 2.06 bits per heavy atom. The van der Waals surface area contributed by atoms with E-state index in [0.717, 1.165) is 28.1 Å². The van der Waals surface area contributed by atoms with Crippen LogP contribution in [-0.4, -0.2) is 28.4 Å². The second-order valence-corrected chi connectivity index (χ2v) is 8.98. The van der Waals surface area contributed by atoms with Crippen molar-refractivity contribution in [1.29, 1.82) is 0 Å². The lowest BCUT2D eigenvalue weighted by Gasteiger charge is -2.37. The summed E-state index contributed by atoms with van der Waals surface area (Å²) in [5.41, 5.74) is 0.704. The normalized spacial score (nSPS) is 13.1. The van der Waals surface area contributed by atoms with E-state index >= 15 is 0 Å². The first-order valence-corrected chi connectivity index (χ1v) is 10.3. The maximum absolute atomic E-state index is 13.3. The van der Waals surface area contributed by atoms with Gasteiger partial charge in [0.05, 0.1) is 27.8 Å². The van der Waals surface area contributed by atoms with Crippen molar-refractivity contribution >= 4 is 34.8 Å². The minimum Gasteiger partial charge on any atom is -0.427 e. The first-order chi connectivity index (χ1) is 14.9. The van der Waals surface area contributed by atoms with Crippen molar-refractivity contribution in [2.75, 3.05) is 0 Å². The summed E-state index contributed by atoms with van der Waals surface area (Å²) in [6.07, 6.45) is -4.40. The maximum atomic E-state index is 13.3. The van der Waals surface area contributed by atoms with Crippen LogP contribution in [0.1, 0.15) is 33.3 Å². The molecule has 0 saturated carbocycles. The lowest BCUT2D eigenvalue weighted by atomic mass is 9.82. The van der Waals surface area contributed by atoms with Crippen LogP contribution in [-0.2, 0) is 10.8 Å². The number of hydrogen-bond acceptors (Lipinski definition) is 2. The standard InChI is InChI=1S/C25H24BF3NO2/c1-23(2,31)24(3,4)32-26-17-10-12-18(13-11-17)30-21-8-6-5-7-19(21)20-15-16(25(27,28)29)9-14-22(20)30/h5-15,31H,1-4H3. The molecule has 1 aromatic heterocycles. The molecule has 32 heavy (non-hydrogen) atoms. The Morgan fingerprint density at radius 1 is 0.812 bits per heavy atom. The van der Waals surface area contributed by atoms with Gasteiger partial charge in [-0.25, -0.2) is 0 Å². The molecule has 0 atom stereocenters. The third kappa shape index (κ3) is 4.03. The molecule has 0 bridgehead atoms. The van der Waals surface area contributed by atoms with Gasteiger partial charge in [-0.15, -0.1) is 0 Å². The van der Waals surface area contributed by atoms with E-state index in [4.69, 9.17) is 4.65 Å². The third-order valence-electron chi connectivity index (χ3n) is 6.11. The zero-order valence-electron chi connectivity index (χ0n) is 18.4. The van der Waals surface area contributed by atoms with Crippen LogP contribution in [0.4, 0.5) is 13.2 Å². The van der Waals surface area contributed by atoms with Crippen molar-refractivity contribution in [3.05, 3.63) is 72.3 Å². The first-order valence-electron chi connectivity index (χ1n) is 10.3. The molecule has 1 radical (unpaired) electrons. The minimum atomic E-state index is -4.40. The van der Waals surface area contributed by atoms with Crippen LogP contribution >= 0.6 is 0 Å². The Bertz CT molecular complexity index is 1270. The molecule has 1 N–H and O–H groups in total. The summed E-state index contributed by atoms with van der Waals surface area (Å²) in [5, 5.41) is 11.6. The van der Waals surface area contributed by atoms with E-state index < -0.39 is 22.9 Å². The van der Waals surface area contributed by atoms with E-state index in [9.17, 15) is 18.3 Å². The van der Waals surface area contributed by atoms with Crippen LogP contribution in [0.25, 0.3) is 27.5 Å². The van der Waals surface area contributed by atoms with Gasteiger partial charge in [-0.05, 0) is 64.1 Å². The van der Waals surface area contributed by atoms with Gasteiger partial charge in [-0.3, -0.25) is 0 Å². The Labute approximate surface area is 185 Å². The average molecular weight is 438 g/mol. The molecule has 3 nitrogen and oxygen atoms in total. The van der Waals surface area contributed by atoms with Crippen molar-refractivity contribution in [1.82, 2.24) is 4.57 Å². The van der Waals surface area contributed by atoms with E-state index in [2.05, 4.69) is 0 Å². The number of nitrogens with zero attached hydrogens (tertiary/aromatic N) is 1. The summed E-state index contributed by atoms with van der Waals surface area (Å²) in [7, 11) is 1.60. The highest BCUT2D eigenvalue weighted by atomic mass is 19.4. The highest BCUT2D eigenvalue weighted by molar-refractivity contribution is 6.47. The van der Waals surface area contributed by atoms with Gasteiger partial charge in [-0.2, -0.15) is 13.2 Å². The largest absolute Gasteiger partial charge is 0.427 e. The van der Waals surface area contributed by atoms with Crippen molar-refractivity contribution in [2.45, 2.75) is 45.1 Å². The number of hydrogen-bond donors (Lipinski definition) is 1. The summed E-state index contributed by atoms with van der Waals surface area (Å²) in [4.78, 5) is 0. The molecule has 0 amide bonds. The topological polar surface area (TPSA) is 34.4 Å². The molecule has 0 aliphatic rings. The Morgan fingerprint density at radius 2 is 1.44 bits per heavy atom. The molecule has 165 valence electrons. The van der Waals surface area contributed by atoms with Crippen LogP contribution in [0.5, 0.6) is 0 Å². The molecular weight excluding hydrogens is 414 g/mol. The van der Waals surface area contributed by atoms with Gasteiger partial charge < -0.3 is 14.3 Å². The van der Waals surface area contributed by atoms with Crippen LogP contribution in [0.15, 0.2) is 66.7 Å². The second kappa shape index (κ2) is 7.68. The number of halogens is 3. The Hall–Kier alpha value is -2.77. The van der Waals surface area contributed by atoms with Crippen LogP contribution in [0.2, 0.25) is 0 Å². The smallest absolute Gasteiger partial charge is 0.416 e. The van der Waals surface area contributed by atoms with Crippen molar-refractivity contribution in [2.24, 2.45) is 0 Å². The highest BCUT2D eigenvalue weighted by Crippen LogP contribution is 2.36. The highest BCUT2D eigenvalue weighted by Gasteiger charge is 2.35. The number of aromatic nitrogens is 1. The van der Waals surface area contributed by atoms with Gasteiger partial charge in [0, 0.05) is 16.5 Å². The Balaban J connectivity index is 1.73. The predicted molar refractivity (Wildman–Crippen MR) is 123 cm³/mol. The number of benzene rings is 3. The minimum absolute atomic E-state index is 0.557. The van der Waals surface area contributed by atoms with E-state index in [0.29, 0.717) is 10.9 Å². The zero-order valence-corrected chi connectivity index (χ0v) is 18.4. The summed E-state index contributed by atoms with van der Waals surface area (Å²) in [6.45, 7) is 7.00. The molecule has 4 aromatic rings. The molecule has 0 spiro atoms. The second-order valence-electron chi connectivity index (χ2n) is 8.98. The summed E-state index contributed by atoms with van der Waals surface area (Å²) in [5.74, 6) is 0. The lowest BCUT2D eigenvalue weighted by molar-refractivity contribution is -0.137. The van der Waals surface area contributed by atoms with E-state index in [-0.39, 0.29) is 0 Å². The number of alkyl halides is 3. The number of aliphatic hydroxyl groups is 1. The zero-order chi connectivity index (χ0) is 23.3. The number of para-hydroxylation sites is 1. The van der Waals surface area contributed by atoms with Crippen molar-refractivity contribution < 1.29 is 22.9 Å². The molecule has 4 rings (SSSR count).